The molecule has 1 aromatic heterocycles. The first-order valence-electron chi connectivity index (χ1n) is 5.31. The Morgan fingerprint density at radius 2 is 1.90 bits per heavy atom. The summed E-state index contributed by atoms with van der Waals surface area (Å²) in [6, 6.07) is 1.06. The molecule has 0 atom stereocenters. The lowest BCUT2D eigenvalue weighted by Crippen LogP contribution is -2.07. The van der Waals surface area contributed by atoms with Crippen LogP contribution in [-0.2, 0) is 4.79 Å². The van der Waals surface area contributed by atoms with Gasteiger partial charge in [0.1, 0.15) is 17.3 Å². The van der Waals surface area contributed by atoms with E-state index in [2.05, 4.69) is 10.2 Å². The molecule has 0 aliphatic heterocycles. The number of nitrogens with zero attached hydrogens (tertiary/aromatic N) is 3. The molecule has 5 nitrogen and oxygen atoms in total. The van der Waals surface area contributed by atoms with Crippen molar-refractivity contribution in [3.63, 3.8) is 0 Å². The standard InChI is InChI=1S/C11H8F3N3O2S/c1-5-15-16-11(20-4-9(18)19)17(5)10-7(13)2-6(12)3-8(10)14/h2-3H,4H2,1H3,(H,18,19). The summed E-state index contributed by atoms with van der Waals surface area (Å²) in [5.74, 6) is -4.59. The van der Waals surface area contributed by atoms with Crippen molar-refractivity contribution in [3.8, 4) is 5.69 Å². The van der Waals surface area contributed by atoms with E-state index < -0.39 is 29.1 Å². The van der Waals surface area contributed by atoms with Gasteiger partial charge in [-0.15, -0.1) is 10.2 Å². The van der Waals surface area contributed by atoms with Crippen molar-refractivity contribution in [3.05, 3.63) is 35.4 Å². The summed E-state index contributed by atoms with van der Waals surface area (Å²) in [4.78, 5) is 10.5. The van der Waals surface area contributed by atoms with Gasteiger partial charge in [-0.05, 0) is 6.92 Å². The highest BCUT2D eigenvalue weighted by Crippen LogP contribution is 2.26. The van der Waals surface area contributed by atoms with E-state index >= 15 is 0 Å². The Balaban J connectivity index is 2.52. The van der Waals surface area contributed by atoms with Crippen LogP contribution in [-0.4, -0.2) is 31.6 Å². The molecule has 20 heavy (non-hydrogen) atoms. The van der Waals surface area contributed by atoms with E-state index in [9.17, 15) is 18.0 Å². The number of carboxylic acids is 1. The van der Waals surface area contributed by atoms with Gasteiger partial charge in [-0.2, -0.15) is 0 Å². The van der Waals surface area contributed by atoms with Crippen LogP contribution >= 0.6 is 11.8 Å². The quantitative estimate of drug-likeness (QED) is 0.877. The average molecular weight is 303 g/mol. The van der Waals surface area contributed by atoms with Crippen LogP contribution in [0.3, 0.4) is 0 Å². The topological polar surface area (TPSA) is 68.0 Å². The number of carboxylic acid groups (broad SMARTS) is 1. The van der Waals surface area contributed by atoms with Gasteiger partial charge in [0.05, 0.1) is 5.75 Å². The molecule has 0 unspecified atom stereocenters. The second kappa shape index (κ2) is 5.53. The summed E-state index contributed by atoms with van der Waals surface area (Å²) in [5.41, 5.74) is -0.540. The number of benzene rings is 1. The summed E-state index contributed by atoms with van der Waals surface area (Å²) in [6.07, 6.45) is 0. The summed E-state index contributed by atoms with van der Waals surface area (Å²) < 4.78 is 41.4. The van der Waals surface area contributed by atoms with Gasteiger partial charge in [-0.1, -0.05) is 11.8 Å². The lowest BCUT2D eigenvalue weighted by Gasteiger charge is -2.10. The van der Waals surface area contributed by atoms with Gasteiger partial charge in [0.2, 0.25) is 0 Å². The minimum Gasteiger partial charge on any atom is -0.481 e. The van der Waals surface area contributed by atoms with Gasteiger partial charge >= 0.3 is 5.97 Å². The van der Waals surface area contributed by atoms with Crippen molar-refractivity contribution >= 4 is 17.7 Å². The summed E-state index contributed by atoms with van der Waals surface area (Å²) in [6.45, 7) is 1.44. The number of carbonyl (C=O) groups is 1. The molecule has 0 aliphatic carbocycles. The molecule has 0 spiro atoms. The van der Waals surface area contributed by atoms with E-state index in [1.165, 1.54) is 6.92 Å². The number of aliphatic carboxylic acids is 1. The zero-order chi connectivity index (χ0) is 14.9. The fourth-order valence-corrected chi connectivity index (χ4v) is 2.27. The number of rotatable bonds is 4. The van der Waals surface area contributed by atoms with E-state index in [0.717, 1.165) is 16.3 Å². The maximum Gasteiger partial charge on any atom is 0.313 e. The number of hydrogen-bond donors (Lipinski definition) is 1. The zero-order valence-corrected chi connectivity index (χ0v) is 10.9. The molecular weight excluding hydrogens is 295 g/mol. The number of hydrogen-bond acceptors (Lipinski definition) is 4. The van der Waals surface area contributed by atoms with Gasteiger partial charge < -0.3 is 5.11 Å². The first kappa shape index (κ1) is 14.4. The van der Waals surface area contributed by atoms with Crippen LogP contribution in [0.15, 0.2) is 17.3 Å². The van der Waals surface area contributed by atoms with E-state index in [1.807, 2.05) is 0 Å². The molecule has 0 aliphatic rings. The molecule has 0 bridgehead atoms. The minimum atomic E-state index is -1.12. The molecule has 1 N–H and O–H groups in total. The Hall–Kier alpha value is -2.03. The molecule has 9 heteroatoms. The van der Waals surface area contributed by atoms with Crippen molar-refractivity contribution in [2.45, 2.75) is 12.1 Å². The molecule has 1 aromatic carbocycles. The van der Waals surface area contributed by atoms with Crippen molar-refractivity contribution < 1.29 is 23.1 Å². The van der Waals surface area contributed by atoms with Crippen molar-refractivity contribution in [2.24, 2.45) is 0 Å². The Morgan fingerprint density at radius 1 is 1.30 bits per heavy atom. The van der Waals surface area contributed by atoms with Gasteiger partial charge in [-0.25, -0.2) is 13.2 Å². The SMILES string of the molecule is Cc1nnc(SCC(=O)O)n1-c1c(F)cc(F)cc1F. The molecule has 1 heterocycles. The van der Waals surface area contributed by atoms with Crippen LogP contribution in [0.2, 0.25) is 0 Å². The van der Waals surface area contributed by atoms with E-state index in [1.54, 1.807) is 0 Å². The zero-order valence-electron chi connectivity index (χ0n) is 10.1. The average Bonchev–Trinajstić information content (AvgIpc) is 2.67. The molecule has 0 amide bonds. The van der Waals surface area contributed by atoms with Gasteiger partial charge in [0.15, 0.2) is 16.8 Å². The van der Waals surface area contributed by atoms with Gasteiger partial charge in [0.25, 0.3) is 0 Å². The highest BCUT2D eigenvalue weighted by Gasteiger charge is 2.20. The largest absolute Gasteiger partial charge is 0.481 e. The monoisotopic (exact) mass is 303 g/mol. The van der Waals surface area contributed by atoms with Crippen LogP contribution in [0.4, 0.5) is 13.2 Å². The summed E-state index contributed by atoms with van der Waals surface area (Å²) in [5, 5.41) is 15.9. The van der Waals surface area contributed by atoms with Crippen molar-refractivity contribution in [1.82, 2.24) is 14.8 Å². The van der Waals surface area contributed by atoms with Crippen LogP contribution in [0.25, 0.3) is 5.69 Å². The lowest BCUT2D eigenvalue weighted by atomic mass is 10.2. The fraction of sp³-hybridized carbons (Fsp3) is 0.182. The molecule has 106 valence electrons. The maximum atomic E-state index is 13.8. The third-order valence-electron chi connectivity index (χ3n) is 2.33. The Bertz CT molecular complexity index is 652. The van der Waals surface area contributed by atoms with E-state index in [-0.39, 0.29) is 16.7 Å². The first-order valence-corrected chi connectivity index (χ1v) is 6.30. The van der Waals surface area contributed by atoms with Crippen molar-refractivity contribution in [2.75, 3.05) is 5.75 Å². The Morgan fingerprint density at radius 3 is 2.45 bits per heavy atom. The number of aromatic nitrogens is 3. The lowest BCUT2D eigenvalue weighted by molar-refractivity contribution is -0.133. The summed E-state index contributed by atoms with van der Waals surface area (Å²) in [7, 11) is 0. The second-order valence-corrected chi connectivity index (χ2v) is 4.71. The normalized spacial score (nSPS) is 10.8. The Labute approximate surface area is 115 Å². The van der Waals surface area contributed by atoms with Gasteiger partial charge in [0, 0.05) is 12.1 Å². The van der Waals surface area contributed by atoms with Crippen LogP contribution in [0.5, 0.6) is 0 Å². The van der Waals surface area contributed by atoms with Crippen LogP contribution < -0.4 is 0 Å². The number of thioether (sulfide) groups is 1. The summed E-state index contributed by atoms with van der Waals surface area (Å²) >= 11 is 0.755. The number of aryl methyl sites for hydroxylation is 1. The highest BCUT2D eigenvalue weighted by atomic mass is 32.2. The maximum absolute atomic E-state index is 13.8. The predicted octanol–water partition coefficient (Wildman–Crippen LogP) is 2.17. The van der Waals surface area contributed by atoms with Crippen LogP contribution in [0.1, 0.15) is 5.82 Å². The fourth-order valence-electron chi connectivity index (χ4n) is 1.57. The van der Waals surface area contributed by atoms with Crippen LogP contribution in [0, 0.1) is 24.4 Å². The molecule has 0 saturated heterocycles. The second-order valence-electron chi connectivity index (χ2n) is 3.77. The molecule has 0 saturated carbocycles. The van der Waals surface area contributed by atoms with E-state index in [4.69, 9.17) is 5.11 Å². The molecule has 0 fully saturated rings. The minimum absolute atomic E-state index is 0.00862. The molecular formula is C11H8F3N3O2S. The predicted molar refractivity (Wildman–Crippen MR) is 64.3 cm³/mol. The van der Waals surface area contributed by atoms with E-state index in [0.29, 0.717) is 12.1 Å². The molecule has 2 aromatic rings. The number of halogens is 3. The third-order valence-corrected chi connectivity index (χ3v) is 3.24. The Kier molecular flexibility index (Phi) is 3.98. The smallest absolute Gasteiger partial charge is 0.313 e. The molecule has 0 radical (unpaired) electrons. The third kappa shape index (κ3) is 2.77. The molecule has 2 rings (SSSR count). The van der Waals surface area contributed by atoms with Gasteiger partial charge in [-0.3, -0.25) is 9.36 Å². The highest BCUT2D eigenvalue weighted by molar-refractivity contribution is 7.99. The first-order chi connectivity index (χ1) is 9.40. The van der Waals surface area contributed by atoms with Crippen molar-refractivity contribution in [1.29, 1.82) is 0 Å².